The van der Waals surface area contributed by atoms with Gasteiger partial charge in [-0.15, -0.1) is 18.2 Å². The van der Waals surface area contributed by atoms with Crippen molar-refractivity contribution in [1.82, 2.24) is 0 Å². The number of alkyl halides is 1. The van der Waals surface area contributed by atoms with E-state index in [0.717, 1.165) is 55.5 Å². The Morgan fingerprint density at radius 2 is 1.32 bits per heavy atom. The van der Waals surface area contributed by atoms with Crippen LogP contribution in [0, 0.1) is 17.3 Å². The van der Waals surface area contributed by atoms with Crippen LogP contribution in [0.5, 0.6) is 0 Å². The first-order chi connectivity index (χ1) is 15.9. The Hall–Kier alpha value is 0.0538. The predicted molar refractivity (Wildman–Crippen MR) is 156 cm³/mol. The van der Waals surface area contributed by atoms with Gasteiger partial charge in [-0.2, -0.15) is 0 Å². The number of halogens is 1. The van der Waals surface area contributed by atoms with Gasteiger partial charge in [0.05, 0.1) is 12.2 Å². The molecule has 0 saturated carbocycles. The lowest BCUT2D eigenvalue weighted by Gasteiger charge is -2.44. The number of hydrogen-bond acceptors (Lipinski definition) is 3. The summed E-state index contributed by atoms with van der Waals surface area (Å²) in [6.07, 6.45) is 4.39. The number of ketones is 1. The molecular weight excluding hydrogens is 476 g/mol. The standard InChI is InChI=1S/C28H57ClO3Si2/c1-12-23(8)26(32-34(16-5,17-6)18-7)25(21-19-20-22-29)27(30)28(10,11)24(9)31-33(13-2,14-3)15-4/h12,23-26H,1,13-22H2,2-11H3/t23-,24-,25+,26-/m0/s1. The molecule has 34 heavy (non-hydrogen) atoms. The van der Waals surface area contributed by atoms with Gasteiger partial charge in [0.2, 0.25) is 0 Å². The van der Waals surface area contributed by atoms with Crippen LogP contribution in [0.1, 0.15) is 88.5 Å². The van der Waals surface area contributed by atoms with Crippen LogP contribution in [0.4, 0.5) is 0 Å². The number of unbranched alkanes of at least 4 members (excludes halogenated alkanes) is 1. The highest BCUT2D eigenvalue weighted by Crippen LogP contribution is 2.39. The highest BCUT2D eigenvalue weighted by molar-refractivity contribution is 6.74. The largest absolute Gasteiger partial charge is 0.413 e. The molecule has 0 saturated heterocycles. The summed E-state index contributed by atoms with van der Waals surface area (Å²) in [5, 5.41) is 0. The zero-order valence-electron chi connectivity index (χ0n) is 24.3. The van der Waals surface area contributed by atoms with Gasteiger partial charge in [0.1, 0.15) is 5.78 Å². The van der Waals surface area contributed by atoms with Gasteiger partial charge < -0.3 is 8.85 Å². The highest BCUT2D eigenvalue weighted by atomic mass is 35.5. The summed E-state index contributed by atoms with van der Waals surface area (Å²) in [6.45, 7) is 26.1. The maximum Gasteiger partial charge on any atom is 0.192 e. The molecule has 3 nitrogen and oxygen atoms in total. The molecule has 0 heterocycles. The minimum absolute atomic E-state index is 0.115. The van der Waals surface area contributed by atoms with Crippen molar-refractivity contribution >= 4 is 34.0 Å². The van der Waals surface area contributed by atoms with Gasteiger partial charge in [-0.05, 0) is 61.9 Å². The van der Waals surface area contributed by atoms with E-state index in [4.69, 9.17) is 20.5 Å². The molecule has 4 atom stereocenters. The third kappa shape index (κ3) is 8.86. The number of hydrogen-bond donors (Lipinski definition) is 0. The van der Waals surface area contributed by atoms with E-state index < -0.39 is 22.0 Å². The lowest BCUT2D eigenvalue weighted by atomic mass is 9.72. The van der Waals surface area contributed by atoms with Gasteiger partial charge in [-0.1, -0.05) is 74.8 Å². The highest BCUT2D eigenvalue weighted by Gasteiger charge is 2.46. The summed E-state index contributed by atoms with van der Waals surface area (Å²) in [5.41, 5.74) is -0.583. The average Bonchev–Trinajstić information content (AvgIpc) is 2.86. The number of Topliss-reactive ketones (excluding diaryl/α,β-unsaturated/α-hetero) is 1. The van der Waals surface area contributed by atoms with Crippen molar-refractivity contribution in [1.29, 1.82) is 0 Å². The number of carbonyl (C=O) groups excluding carboxylic acids is 1. The Bertz CT molecular complexity index is 572. The molecule has 0 radical (unpaired) electrons. The molecule has 0 amide bonds. The van der Waals surface area contributed by atoms with E-state index in [1.54, 1.807) is 0 Å². The molecular formula is C28H57ClO3Si2. The second kappa shape index (κ2) is 16.0. The van der Waals surface area contributed by atoms with Crippen molar-refractivity contribution in [2.75, 3.05) is 5.88 Å². The molecule has 0 fully saturated rings. The van der Waals surface area contributed by atoms with Gasteiger partial charge in [-0.3, -0.25) is 4.79 Å². The third-order valence-electron chi connectivity index (χ3n) is 8.85. The Balaban J connectivity index is 6.28. The van der Waals surface area contributed by atoms with Gasteiger partial charge in [-0.25, -0.2) is 0 Å². The van der Waals surface area contributed by atoms with Crippen LogP contribution in [0.3, 0.4) is 0 Å². The maximum atomic E-state index is 14.4. The predicted octanol–water partition coefficient (Wildman–Crippen LogP) is 9.23. The van der Waals surface area contributed by atoms with Crippen LogP contribution in [0.25, 0.3) is 0 Å². The first-order valence-corrected chi connectivity index (χ1v) is 19.6. The SMILES string of the molecule is C=C[C@H](C)[C@H](O[Si](CC)(CC)CC)[C@@H](CCCCCl)C(=O)C(C)(C)[C@H](C)O[Si](CC)(CC)CC. The molecule has 0 aliphatic rings. The van der Waals surface area contributed by atoms with E-state index in [-0.39, 0.29) is 29.8 Å². The fraction of sp³-hybridized carbons (Fsp3) is 0.893. The van der Waals surface area contributed by atoms with Crippen LogP contribution in [0.15, 0.2) is 12.7 Å². The molecule has 0 spiro atoms. The number of rotatable bonds is 20. The quantitative estimate of drug-likeness (QED) is 0.0677. The molecule has 0 aliphatic heterocycles. The first kappa shape index (κ1) is 34.1. The van der Waals surface area contributed by atoms with Gasteiger partial charge in [0.25, 0.3) is 0 Å². The lowest BCUT2D eigenvalue weighted by Crippen LogP contribution is -2.52. The summed E-state index contributed by atoms with van der Waals surface area (Å²) >= 11 is 6.03. The second-order valence-electron chi connectivity index (χ2n) is 10.8. The fourth-order valence-corrected chi connectivity index (χ4v) is 11.3. The van der Waals surface area contributed by atoms with E-state index >= 15 is 0 Å². The summed E-state index contributed by atoms with van der Waals surface area (Å²) < 4.78 is 13.9. The van der Waals surface area contributed by atoms with Crippen LogP contribution in [-0.2, 0) is 13.6 Å². The summed E-state index contributed by atoms with van der Waals surface area (Å²) in [7, 11) is -3.73. The van der Waals surface area contributed by atoms with Gasteiger partial charge in [0, 0.05) is 17.2 Å². The lowest BCUT2D eigenvalue weighted by molar-refractivity contribution is -0.140. The Morgan fingerprint density at radius 1 is 0.882 bits per heavy atom. The van der Waals surface area contributed by atoms with Crippen molar-refractivity contribution in [2.24, 2.45) is 17.3 Å². The van der Waals surface area contributed by atoms with Crippen LogP contribution < -0.4 is 0 Å². The van der Waals surface area contributed by atoms with Crippen molar-refractivity contribution in [3.63, 3.8) is 0 Å². The summed E-state index contributed by atoms with van der Waals surface area (Å²) in [6, 6.07) is 6.48. The summed E-state index contributed by atoms with van der Waals surface area (Å²) in [4.78, 5) is 14.4. The molecule has 0 aromatic heterocycles. The van der Waals surface area contributed by atoms with E-state index in [1.165, 1.54) is 0 Å². The van der Waals surface area contributed by atoms with Gasteiger partial charge in [0.15, 0.2) is 16.6 Å². The van der Waals surface area contributed by atoms with E-state index in [9.17, 15) is 4.79 Å². The molecule has 0 unspecified atom stereocenters. The Labute approximate surface area is 220 Å². The average molecular weight is 533 g/mol. The summed E-state index contributed by atoms with van der Waals surface area (Å²) in [5.74, 6) is 0.853. The number of carbonyl (C=O) groups is 1. The fourth-order valence-electron chi connectivity index (χ4n) is 5.08. The Kier molecular flexibility index (Phi) is 16.0. The molecule has 0 aliphatic carbocycles. The van der Waals surface area contributed by atoms with Crippen molar-refractivity contribution in [2.45, 2.75) is 137 Å². The van der Waals surface area contributed by atoms with Gasteiger partial charge >= 0.3 is 0 Å². The molecule has 0 aromatic carbocycles. The molecule has 0 aromatic rings. The van der Waals surface area contributed by atoms with Crippen LogP contribution in [0.2, 0.25) is 36.3 Å². The third-order valence-corrected chi connectivity index (χ3v) is 18.5. The Morgan fingerprint density at radius 3 is 1.71 bits per heavy atom. The normalized spacial score (nSPS) is 16.7. The topological polar surface area (TPSA) is 35.5 Å². The molecule has 0 N–H and O–H groups in total. The molecule has 6 heteroatoms. The monoisotopic (exact) mass is 532 g/mol. The zero-order chi connectivity index (χ0) is 26.6. The van der Waals surface area contributed by atoms with Crippen molar-refractivity contribution in [3.8, 4) is 0 Å². The molecule has 0 rings (SSSR count). The smallest absolute Gasteiger partial charge is 0.192 e. The van der Waals surface area contributed by atoms with E-state index in [1.807, 2.05) is 6.08 Å². The first-order valence-electron chi connectivity index (χ1n) is 14.0. The molecule has 202 valence electrons. The molecule has 0 bridgehead atoms. The van der Waals surface area contributed by atoms with Crippen molar-refractivity contribution < 1.29 is 13.6 Å². The van der Waals surface area contributed by atoms with Crippen LogP contribution in [-0.4, -0.2) is 40.5 Å². The maximum absolute atomic E-state index is 14.4. The zero-order valence-corrected chi connectivity index (χ0v) is 27.0. The van der Waals surface area contributed by atoms with E-state index in [2.05, 4.69) is 75.8 Å². The van der Waals surface area contributed by atoms with Crippen molar-refractivity contribution in [3.05, 3.63) is 12.7 Å². The second-order valence-corrected chi connectivity index (χ2v) is 20.6. The van der Waals surface area contributed by atoms with Crippen LogP contribution >= 0.6 is 11.6 Å². The minimum Gasteiger partial charge on any atom is -0.413 e. The van der Waals surface area contributed by atoms with E-state index in [0.29, 0.717) is 5.88 Å². The minimum atomic E-state index is -1.91.